The van der Waals surface area contributed by atoms with E-state index in [1.54, 1.807) is 6.20 Å². The summed E-state index contributed by atoms with van der Waals surface area (Å²) in [5, 5.41) is 15.9. The average Bonchev–Trinajstić information content (AvgIpc) is 3.84. The van der Waals surface area contributed by atoms with Gasteiger partial charge in [-0.05, 0) is 54.6 Å². The number of hydrogen-bond acceptors (Lipinski definition) is 2. The Morgan fingerprint density at radius 2 is 0.686 bits per heavy atom. The molecule has 11 rings (SSSR count). The van der Waals surface area contributed by atoms with Crippen LogP contribution in [0.15, 0.2) is 176 Å². The zero-order chi connectivity index (χ0) is 33.5. The first-order chi connectivity index (χ1) is 25.4. The predicted molar refractivity (Wildman–Crippen MR) is 210 cm³/mol. The molecule has 0 N–H and O–H groups in total. The summed E-state index contributed by atoms with van der Waals surface area (Å²) in [6.45, 7) is 0. The highest BCUT2D eigenvalue weighted by Gasteiger charge is 2.27. The Morgan fingerprint density at radius 3 is 1.08 bits per heavy atom. The summed E-state index contributed by atoms with van der Waals surface area (Å²) < 4.78 is 7.41. The summed E-state index contributed by atoms with van der Waals surface area (Å²) in [4.78, 5) is 0. The van der Waals surface area contributed by atoms with Crippen LogP contribution in [0.2, 0.25) is 0 Å². The summed E-state index contributed by atoms with van der Waals surface area (Å²) in [6, 6.07) is 59.2. The molecule has 0 spiro atoms. The highest BCUT2D eigenvalue weighted by molar-refractivity contribution is 6.14. The van der Waals surface area contributed by atoms with Gasteiger partial charge in [-0.15, -0.1) is 0 Å². The Labute approximate surface area is 292 Å². The zero-order valence-corrected chi connectivity index (χ0v) is 27.5. The quantitative estimate of drug-likeness (QED) is 0.190. The molecule has 11 aromatic rings. The van der Waals surface area contributed by atoms with Crippen molar-refractivity contribution in [2.75, 3.05) is 0 Å². The van der Waals surface area contributed by atoms with Crippen LogP contribution in [0.5, 0.6) is 0 Å². The molecule has 5 nitrogen and oxygen atoms in total. The Hall–Kier alpha value is -6.98. The van der Waals surface area contributed by atoms with Crippen molar-refractivity contribution < 1.29 is 0 Å². The van der Waals surface area contributed by atoms with Gasteiger partial charge in [-0.3, -0.25) is 0 Å². The van der Waals surface area contributed by atoms with Crippen LogP contribution in [0, 0.1) is 0 Å². The molecular weight excluding hydrogens is 623 g/mol. The van der Waals surface area contributed by atoms with Crippen molar-refractivity contribution in [1.29, 1.82) is 0 Å². The lowest BCUT2D eigenvalue weighted by Crippen LogP contribution is -2.10. The summed E-state index contributed by atoms with van der Waals surface area (Å²) in [5.74, 6) is 0. The van der Waals surface area contributed by atoms with Gasteiger partial charge in [-0.25, -0.2) is 0 Å². The molecule has 0 aliphatic carbocycles. The summed E-state index contributed by atoms with van der Waals surface area (Å²) in [6.07, 6.45) is 3.66. The van der Waals surface area contributed by atoms with Gasteiger partial charge in [0.05, 0.1) is 62.6 Å². The van der Waals surface area contributed by atoms with Crippen molar-refractivity contribution >= 4 is 65.4 Å². The number of rotatable bonds is 4. The molecule has 0 saturated carbocycles. The highest BCUT2D eigenvalue weighted by Crippen LogP contribution is 2.45. The van der Waals surface area contributed by atoms with Gasteiger partial charge in [0.1, 0.15) is 0 Å². The van der Waals surface area contributed by atoms with E-state index >= 15 is 0 Å². The molecule has 0 aliphatic heterocycles. The minimum Gasteiger partial charge on any atom is -0.307 e. The van der Waals surface area contributed by atoms with Gasteiger partial charge in [0, 0.05) is 43.4 Å². The maximum atomic E-state index is 4.38. The molecule has 4 heterocycles. The maximum Gasteiger partial charge on any atom is 0.0953 e. The van der Waals surface area contributed by atoms with E-state index in [4.69, 9.17) is 0 Å². The monoisotopic (exact) mass is 651 g/mol. The molecule has 0 atom stereocenters. The number of hydrogen-bond donors (Lipinski definition) is 0. The number of aromatic nitrogens is 5. The number of fused-ring (bicyclic) bond motifs is 9. The van der Waals surface area contributed by atoms with Gasteiger partial charge >= 0.3 is 0 Å². The van der Waals surface area contributed by atoms with E-state index < -0.39 is 0 Å². The lowest BCUT2D eigenvalue weighted by atomic mass is 10.0. The Morgan fingerprint density at radius 1 is 0.314 bits per heavy atom. The normalized spacial score (nSPS) is 11.9. The predicted octanol–water partition coefficient (Wildman–Crippen LogP) is 11.4. The second-order valence-corrected chi connectivity index (χ2v) is 13.1. The van der Waals surface area contributed by atoms with Crippen molar-refractivity contribution in [2.45, 2.75) is 0 Å². The van der Waals surface area contributed by atoms with Gasteiger partial charge in [-0.2, -0.15) is 10.2 Å². The molecule has 0 saturated heterocycles. The number of benzene rings is 7. The Balaban J connectivity index is 1.44. The zero-order valence-electron chi connectivity index (χ0n) is 27.5. The first kappa shape index (κ1) is 27.9. The lowest BCUT2D eigenvalue weighted by Gasteiger charge is -2.24. The molecule has 4 aromatic heterocycles. The van der Waals surface area contributed by atoms with Crippen molar-refractivity contribution in [3.8, 4) is 28.2 Å². The molecule has 0 fully saturated rings. The Bertz CT molecular complexity index is 2980. The van der Waals surface area contributed by atoms with E-state index in [0.29, 0.717) is 0 Å². The largest absolute Gasteiger partial charge is 0.307 e. The summed E-state index contributed by atoms with van der Waals surface area (Å²) in [7, 11) is 0. The smallest absolute Gasteiger partial charge is 0.0953 e. The van der Waals surface area contributed by atoms with Crippen LogP contribution in [0.1, 0.15) is 0 Å². The first-order valence-electron chi connectivity index (χ1n) is 17.3. The number of nitrogens with zero attached hydrogens (tertiary/aromatic N) is 5. The van der Waals surface area contributed by atoms with E-state index in [1.165, 1.54) is 32.3 Å². The Kier molecular flexibility index (Phi) is 5.89. The van der Waals surface area contributed by atoms with Crippen LogP contribution < -0.4 is 0 Å². The van der Waals surface area contributed by atoms with Crippen molar-refractivity contribution in [1.82, 2.24) is 23.9 Å². The molecular formula is C46H29N5. The van der Waals surface area contributed by atoms with Gasteiger partial charge < -0.3 is 13.7 Å². The van der Waals surface area contributed by atoms with Crippen LogP contribution in [0.3, 0.4) is 0 Å². The van der Waals surface area contributed by atoms with Crippen molar-refractivity contribution in [3.05, 3.63) is 176 Å². The third kappa shape index (κ3) is 3.91. The fraction of sp³-hybridized carbons (Fsp3) is 0. The SMILES string of the molecule is c1ccc2c(c1)c1ccccc1n2-c1ccc(-c2ccnnc2)c(-n2c3ccccc3c3ccccc32)c1-n1c2ccccc2c2ccccc21. The lowest BCUT2D eigenvalue weighted by molar-refractivity contribution is 1.03. The van der Waals surface area contributed by atoms with E-state index in [0.717, 1.165) is 61.3 Å². The van der Waals surface area contributed by atoms with E-state index in [1.807, 2.05) is 6.20 Å². The maximum absolute atomic E-state index is 4.38. The second-order valence-electron chi connectivity index (χ2n) is 13.1. The highest BCUT2D eigenvalue weighted by atomic mass is 15.1. The second kappa shape index (κ2) is 10.8. The van der Waals surface area contributed by atoms with Gasteiger partial charge in [0.2, 0.25) is 0 Å². The van der Waals surface area contributed by atoms with Crippen LogP contribution in [-0.4, -0.2) is 23.9 Å². The number of para-hydroxylation sites is 6. The average molecular weight is 652 g/mol. The molecule has 0 radical (unpaired) electrons. The third-order valence-electron chi connectivity index (χ3n) is 10.5. The molecule has 238 valence electrons. The summed E-state index contributed by atoms with van der Waals surface area (Å²) in [5.41, 5.74) is 12.2. The van der Waals surface area contributed by atoms with Crippen LogP contribution in [-0.2, 0) is 0 Å². The molecule has 0 amide bonds. The molecule has 7 aromatic carbocycles. The summed E-state index contributed by atoms with van der Waals surface area (Å²) >= 11 is 0. The van der Waals surface area contributed by atoms with Crippen molar-refractivity contribution in [2.24, 2.45) is 0 Å². The molecule has 5 heteroatoms. The van der Waals surface area contributed by atoms with Crippen molar-refractivity contribution in [3.63, 3.8) is 0 Å². The topological polar surface area (TPSA) is 40.6 Å². The van der Waals surface area contributed by atoms with Gasteiger partial charge in [0.25, 0.3) is 0 Å². The van der Waals surface area contributed by atoms with Crippen LogP contribution >= 0.6 is 0 Å². The standard InChI is InChI=1S/C46H29N5/c1-7-19-38-32(13-1)33-14-2-8-20-39(33)49(38)44-26-25-31(30-27-28-47-48-29-30)45(50-40-21-9-3-15-34(40)35-16-4-10-22-41(35)50)46(44)51-42-23-11-5-17-36(42)37-18-6-12-24-43(37)51/h1-29H. The minimum atomic E-state index is 0.998. The minimum absolute atomic E-state index is 0.998. The first-order valence-corrected chi connectivity index (χ1v) is 17.3. The van der Waals surface area contributed by atoms with E-state index in [-0.39, 0.29) is 0 Å². The molecule has 51 heavy (non-hydrogen) atoms. The van der Waals surface area contributed by atoms with Crippen LogP contribution in [0.4, 0.5) is 0 Å². The fourth-order valence-corrected chi connectivity index (χ4v) is 8.39. The van der Waals surface area contributed by atoms with E-state index in [2.05, 4.69) is 188 Å². The molecule has 0 bridgehead atoms. The van der Waals surface area contributed by atoms with E-state index in [9.17, 15) is 0 Å². The third-order valence-corrected chi connectivity index (χ3v) is 10.5. The fourth-order valence-electron chi connectivity index (χ4n) is 8.39. The molecule has 0 aliphatic rings. The van der Waals surface area contributed by atoms with Gasteiger partial charge in [-0.1, -0.05) is 109 Å². The van der Waals surface area contributed by atoms with Gasteiger partial charge in [0.15, 0.2) is 0 Å². The van der Waals surface area contributed by atoms with Crippen LogP contribution in [0.25, 0.3) is 93.6 Å². The molecule has 0 unspecified atom stereocenters.